The fourth-order valence-electron chi connectivity index (χ4n) is 2.95. The lowest BCUT2D eigenvalue weighted by atomic mass is 10.1. The SMILES string of the molecule is NC1CCc2c(OC3CCCC3)cccc21. The van der Waals surface area contributed by atoms with Crippen LogP contribution in [0.4, 0.5) is 0 Å². The monoisotopic (exact) mass is 217 g/mol. The van der Waals surface area contributed by atoms with Gasteiger partial charge in [0.25, 0.3) is 0 Å². The molecule has 1 aromatic carbocycles. The van der Waals surface area contributed by atoms with Crippen LogP contribution in [0.25, 0.3) is 0 Å². The zero-order valence-corrected chi connectivity index (χ0v) is 9.61. The van der Waals surface area contributed by atoms with Gasteiger partial charge >= 0.3 is 0 Å². The maximum absolute atomic E-state index is 6.11. The summed E-state index contributed by atoms with van der Waals surface area (Å²) in [5, 5.41) is 0. The van der Waals surface area contributed by atoms with E-state index in [0.29, 0.717) is 6.10 Å². The Hall–Kier alpha value is -1.02. The van der Waals surface area contributed by atoms with Gasteiger partial charge in [-0.15, -0.1) is 0 Å². The quantitative estimate of drug-likeness (QED) is 0.826. The van der Waals surface area contributed by atoms with Gasteiger partial charge in [-0.2, -0.15) is 0 Å². The fourth-order valence-corrected chi connectivity index (χ4v) is 2.95. The van der Waals surface area contributed by atoms with E-state index < -0.39 is 0 Å². The highest BCUT2D eigenvalue weighted by atomic mass is 16.5. The van der Waals surface area contributed by atoms with E-state index in [1.807, 2.05) is 0 Å². The van der Waals surface area contributed by atoms with E-state index in [1.54, 1.807) is 0 Å². The summed E-state index contributed by atoms with van der Waals surface area (Å²) in [5.74, 6) is 1.09. The summed E-state index contributed by atoms with van der Waals surface area (Å²) in [6.45, 7) is 0. The molecule has 2 aliphatic rings. The molecule has 2 N–H and O–H groups in total. The Bertz CT molecular complexity index is 382. The van der Waals surface area contributed by atoms with Crippen molar-refractivity contribution in [1.82, 2.24) is 0 Å². The predicted octanol–water partition coefficient (Wildman–Crippen LogP) is 2.95. The third-order valence-electron chi connectivity index (χ3n) is 3.87. The van der Waals surface area contributed by atoms with Crippen molar-refractivity contribution < 1.29 is 4.74 Å². The molecule has 0 spiro atoms. The van der Waals surface area contributed by atoms with Gasteiger partial charge in [0.1, 0.15) is 5.75 Å². The summed E-state index contributed by atoms with van der Waals surface area (Å²) in [7, 11) is 0. The van der Waals surface area contributed by atoms with Crippen LogP contribution in [0.15, 0.2) is 18.2 Å². The molecule has 0 aromatic heterocycles. The largest absolute Gasteiger partial charge is 0.490 e. The molecule has 0 radical (unpaired) electrons. The molecule has 2 heteroatoms. The number of nitrogens with two attached hydrogens (primary N) is 1. The van der Waals surface area contributed by atoms with Crippen molar-refractivity contribution in [3.63, 3.8) is 0 Å². The molecular formula is C14H19NO. The summed E-state index contributed by atoms with van der Waals surface area (Å²) in [5.41, 5.74) is 8.73. The Labute approximate surface area is 96.8 Å². The number of rotatable bonds is 2. The molecule has 1 fully saturated rings. The first kappa shape index (κ1) is 10.2. The van der Waals surface area contributed by atoms with E-state index in [9.17, 15) is 0 Å². The number of hydrogen-bond acceptors (Lipinski definition) is 2. The number of hydrogen-bond donors (Lipinski definition) is 1. The Balaban J connectivity index is 1.84. The van der Waals surface area contributed by atoms with Crippen molar-refractivity contribution in [1.29, 1.82) is 0 Å². The Morgan fingerprint density at radius 2 is 1.94 bits per heavy atom. The molecule has 86 valence electrons. The van der Waals surface area contributed by atoms with Gasteiger partial charge in [-0.25, -0.2) is 0 Å². The third-order valence-corrected chi connectivity index (χ3v) is 3.87. The molecule has 1 atom stereocenters. The van der Waals surface area contributed by atoms with E-state index in [1.165, 1.54) is 36.8 Å². The van der Waals surface area contributed by atoms with E-state index in [2.05, 4.69) is 18.2 Å². The van der Waals surface area contributed by atoms with Crippen LogP contribution in [-0.4, -0.2) is 6.10 Å². The summed E-state index contributed by atoms with van der Waals surface area (Å²) in [6.07, 6.45) is 7.67. The Morgan fingerprint density at radius 3 is 2.75 bits per heavy atom. The number of fused-ring (bicyclic) bond motifs is 1. The maximum Gasteiger partial charge on any atom is 0.123 e. The van der Waals surface area contributed by atoms with Crippen LogP contribution in [0.2, 0.25) is 0 Å². The van der Waals surface area contributed by atoms with Gasteiger partial charge in [-0.3, -0.25) is 0 Å². The van der Waals surface area contributed by atoms with Crippen molar-refractivity contribution in [3.8, 4) is 5.75 Å². The predicted molar refractivity (Wildman–Crippen MR) is 64.6 cm³/mol. The van der Waals surface area contributed by atoms with Crippen molar-refractivity contribution in [2.45, 2.75) is 50.7 Å². The number of benzene rings is 1. The van der Waals surface area contributed by atoms with Gasteiger partial charge in [0.15, 0.2) is 0 Å². The Kier molecular flexibility index (Phi) is 2.60. The molecular weight excluding hydrogens is 198 g/mol. The van der Waals surface area contributed by atoms with Crippen LogP contribution in [-0.2, 0) is 6.42 Å². The normalized spacial score (nSPS) is 24.7. The number of ether oxygens (including phenoxy) is 1. The molecule has 1 unspecified atom stereocenters. The lowest BCUT2D eigenvalue weighted by Gasteiger charge is -2.16. The highest BCUT2D eigenvalue weighted by molar-refractivity contribution is 5.45. The average molecular weight is 217 g/mol. The summed E-state index contributed by atoms with van der Waals surface area (Å²) >= 11 is 0. The topological polar surface area (TPSA) is 35.2 Å². The van der Waals surface area contributed by atoms with Crippen molar-refractivity contribution >= 4 is 0 Å². The van der Waals surface area contributed by atoms with Gasteiger partial charge < -0.3 is 10.5 Å². The third kappa shape index (κ3) is 1.71. The fraction of sp³-hybridized carbons (Fsp3) is 0.571. The van der Waals surface area contributed by atoms with Gasteiger partial charge in [0.2, 0.25) is 0 Å². The van der Waals surface area contributed by atoms with E-state index >= 15 is 0 Å². The highest BCUT2D eigenvalue weighted by Gasteiger charge is 2.24. The van der Waals surface area contributed by atoms with Gasteiger partial charge in [-0.05, 0) is 55.7 Å². The van der Waals surface area contributed by atoms with Gasteiger partial charge in [-0.1, -0.05) is 12.1 Å². The first-order chi connectivity index (χ1) is 7.84. The second-order valence-corrected chi connectivity index (χ2v) is 4.99. The van der Waals surface area contributed by atoms with Crippen molar-refractivity contribution in [2.75, 3.05) is 0 Å². The molecule has 1 aromatic rings. The van der Waals surface area contributed by atoms with E-state index in [0.717, 1.165) is 18.6 Å². The first-order valence-electron chi connectivity index (χ1n) is 6.38. The second-order valence-electron chi connectivity index (χ2n) is 4.99. The van der Waals surface area contributed by atoms with E-state index in [-0.39, 0.29) is 6.04 Å². The van der Waals surface area contributed by atoms with Gasteiger partial charge in [0.05, 0.1) is 6.10 Å². The minimum Gasteiger partial charge on any atom is -0.490 e. The van der Waals surface area contributed by atoms with Crippen LogP contribution in [0.1, 0.15) is 49.3 Å². The molecule has 0 aliphatic heterocycles. The minimum absolute atomic E-state index is 0.224. The van der Waals surface area contributed by atoms with Crippen LogP contribution in [0.5, 0.6) is 5.75 Å². The minimum atomic E-state index is 0.224. The molecule has 0 heterocycles. The van der Waals surface area contributed by atoms with Gasteiger partial charge in [0, 0.05) is 6.04 Å². The second kappa shape index (κ2) is 4.10. The van der Waals surface area contributed by atoms with Crippen LogP contribution in [0.3, 0.4) is 0 Å². The summed E-state index contributed by atoms with van der Waals surface area (Å²) in [6, 6.07) is 6.56. The van der Waals surface area contributed by atoms with Crippen LogP contribution in [0, 0.1) is 0 Å². The smallest absolute Gasteiger partial charge is 0.123 e. The lowest BCUT2D eigenvalue weighted by Crippen LogP contribution is -2.12. The zero-order valence-electron chi connectivity index (χ0n) is 9.61. The Morgan fingerprint density at radius 1 is 1.12 bits per heavy atom. The lowest BCUT2D eigenvalue weighted by molar-refractivity contribution is 0.208. The average Bonchev–Trinajstić information content (AvgIpc) is 2.90. The molecule has 16 heavy (non-hydrogen) atoms. The first-order valence-corrected chi connectivity index (χ1v) is 6.38. The van der Waals surface area contributed by atoms with Crippen LogP contribution < -0.4 is 10.5 Å². The maximum atomic E-state index is 6.11. The molecule has 0 bridgehead atoms. The van der Waals surface area contributed by atoms with Crippen LogP contribution >= 0.6 is 0 Å². The van der Waals surface area contributed by atoms with Crippen molar-refractivity contribution in [3.05, 3.63) is 29.3 Å². The molecule has 2 aliphatic carbocycles. The molecule has 0 saturated heterocycles. The molecule has 1 saturated carbocycles. The van der Waals surface area contributed by atoms with E-state index in [4.69, 9.17) is 10.5 Å². The summed E-state index contributed by atoms with van der Waals surface area (Å²) in [4.78, 5) is 0. The summed E-state index contributed by atoms with van der Waals surface area (Å²) < 4.78 is 6.11. The molecule has 2 nitrogen and oxygen atoms in total. The standard InChI is InChI=1S/C14H19NO/c15-13-9-8-12-11(13)6-3-7-14(12)16-10-4-1-2-5-10/h3,6-7,10,13H,1-2,4-5,8-9,15H2. The van der Waals surface area contributed by atoms with Crippen molar-refractivity contribution in [2.24, 2.45) is 5.73 Å². The zero-order chi connectivity index (χ0) is 11.0. The highest BCUT2D eigenvalue weighted by Crippen LogP contribution is 2.37. The molecule has 3 rings (SSSR count). The molecule has 0 amide bonds.